The van der Waals surface area contributed by atoms with E-state index in [0.717, 1.165) is 17.1 Å². The van der Waals surface area contributed by atoms with Crippen LogP contribution < -0.4 is 4.90 Å². The number of rotatable bonds is 6. The lowest BCUT2D eigenvalue weighted by molar-refractivity contribution is 0.661. The van der Waals surface area contributed by atoms with Crippen LogP contribution in [-0.4, -0.2) is 4.57 Å². The van der Waals surface area contributed by atoms with Crippen molar-refractivity contribution < 1.29 is 0 Å². The SMILES string of the molecule is CC1(C)c2cccc3c2-c2c1ccc1c4ccccc4n(c21)-c1cccc(N(c2cccc(-c4ccccc4)c2)c2ccc4c(c2)-c2ccccc2C4(c2ccccc2)c2ccccc2)c1-3. The predicted molar refractivity (Wildman–Crippen MR) is 275 cm³/mol. The summed E-state index contributed by atoms with van der Waals surface area (Å²) in [6, 6.07) is 86.2. The number of aromatic nitrogens is 1. The first-order valence-electron chi connectivity index (χ1n) is 23.2. The summed E-state index contributed by atoms with van der Waals surface area (Å²) in [7, 11) is 0. The summed E-state index contributed by atoms with van der Waals surface area (Å²) < 4.78 is 2.58. The first kappa shape index (κ1) is 37.2. The molecule has 0 saturated carbocycles. The van der Waals surface area contributed by atoms with Crippen molar-refractivity contribution >= 4 is 38.9 Å². The van der Waals surface area contributed by atoms with Crippen molar-refractivity contribution in [1.82, 2.24) is 4.57 Å². The first-order valence-corrected chi connectivity index (χ1v) is 23.2. The fraction of sp³-hybridized carbons (Fsp3) is 0.0625. The van der Waals surface area contributed by atoms with Gasteiger partial charge in [-0.05, 0) is 109 Å². The molecule has 0 N–H and O–H groups in total. The Hall–Kier alpha value is -8.20. The number of hydrogen-bond acceptors (Lipinski definition) is 1. The standard InChI is InChI=1S/C64H44N2/c1-63(2)54-31-17-29-50-59(54)61-55(63)38-36-49-48-28-13-15-32-56(48)66(62(49)61)58-34-18-33-57(60(50)58)65(45-26-16-21-42(39-45)41-19-6-3-7-20-41)46-35-37-53-51(40-46)47-27-12-14-30-52(47)64(53,43-22-8-4-9-23-43)44-24-10-5-11-25-44/h3-40H,1-2H3. The molecule has 0 fully saturated rings. The molecule has 3 aliphatic rings. The van der Waals surface area contributed by atoms with Crippen LogP contribution in [0.25, 0.3) is 72.0 Å². The van der Waals surface area contributed by atoms with E-state index in [9.17, 15) is 0 Å². The molecule has 1 aromatic heterocycles. The molecule has 10 aromatic carbocycles. The summed E-state index contributed by atoms with van der Waals surface area (Å²) in [6.45, 7) is 4.81. The van der Waals surface area contributed by atoms with Crippen molar-refractivity contribution in [3.05, 3.63) is 264 Å². The van der Waals surface area contributed by atoms with E-state index in [1.165, 1.54) is 105 Å². The van der Waals surface area contributed by atoms with Gasteiger partial charge in [-0.15, -0.1) is 0 Å². The highest BCUT2D eigenvalue weighted by Crippen LogP contribution is 2.61. The Kier molecular flexibility index (Phi) is 7.70. The highest BCUT2D eigenvalue weighted by atomic mass is 15.2. The van der Waals surface area contributed by atoms with Crippen molar-refractivity contribution in [1.29, 1.82) is 0 Å². The van der Waals surface area contributed by atoms with E-state index >= 15 is 0 Å². The second kappa shape index (κ2) is 13.7. The van der Waals surface area contributed by atoms with Gasteiger partial charge in [-0.25, -0.2) is 0 Å². The Morgan fingerprint density at radius 1 is 0.379 bits per heavy atom. The summed E-state index contributed by atoms with van der Waals surface area (Å²) in [5.41, 5.74) is 24.4. The van der Waals surface area contributed by atoms with E-state index in [1.54, 1.807) is 0 Å². The second-order valence-corrected chi connectivity index (χ2v) is 18.8. The number of nitrogens with zero attached hydrogens (tertiary/aromatic N) is 2. The zero-order chi connectivity index (χ0) is 43.7. The minimum Gasteiger partial charge on any atom is -0.310 e. The van der Waals surface area contributed by atoms with Crippen LogP contribution in [-0.2, 0) is 10.8 Å². The van der Waals surface area contributed by atoms with Crippen LogP contribution in [0.15, 0.2) is 231 Å². The highest BCUT2D eigenvalue weighted by molar-refractivity contribution is 6.19. The summed E-state index contributed by atoms with van der Waals surface area (Å²) in [5.74, 6) is 0. The molecule has 0 bridgehead atoms. The Bertz CT molecular complexity index is 3740. The lowest BCUT2D eigenvalue weighted by Crippen LogP contribution is -2.28. The van der Waals surface area contributed by atoms with E-state index in [1.807, 2.05) is 0 Å². The maximum atomic E-state index is 2.58. The van der Waals surface area contributed by atoms with Crippen molar-refractivity contribution in [3.8, 4) is 50.2 Å². The van der Waals surface area contributed by atoms with Gasteiger partial charge < -0.3 is 9.47 Å². The average molecular weight is 841 g/mol. The first-order chi connectivity index (χ1) is 32.5. The van der Waals surface area contributed by atoms with Crippen molar-refractivity contribution in [3.63, 3.8) is 0 Å². The van der Waals surface area contributed by atoms with Gasteiger partial charge in [0.05, 0.1) is 27.8 Å². The lowest BCUT2D eigenvalue weighted by Gasteiger charge is -2.34. The molecule has 1 aliphatic heterocycles. The van der Waals surface area contributed by atoms with E-state index < -0.39 is 5.41 Å². The number of benzene rings is 10. The highest BCUT2D eigenvalue weighted by Gasteiger charge is 2.47. The topological polar surface area (TPSA) is 8.17 Å². The number of hydrogen-bond donors (Lipinski definition) is 0. The third kappa shape index (κ3) is 4.85. The van der Waals surface area contributed by atoms with Gasteiger partial charge >= 0.3 is 0 Å². The zero-order valence-electron chi connectivity index (χ0n) is 36.8. The van der Waals surface area contributed by atoms with Crippen LogP contribution in [0.4, 0.5) is 17.1 Å². The quantitative estimate of drug-likeness (QED) is 0.162. The summed E-state index contributed by atoms with van der Waals surface area (Å²) in [5, 5.41) is 2.58. The van der Waals surface area contributed by atoms with Crippen LogP contribution in [0, 0.1) is 0 Å². The van der Waals surface area contributed by atoms with E-state index in [-0.39, 0.29) is 5.41 Å². The third-order valence-electron chi connectivity index (χ3n) is 15.2. The Morgan fingerprint density at radius 3 is 1.77 bits per heavy atom. The monoisotopic (exact) mass is 840 g/mol. The van der Waals surface area contributed by atoms with Crippen LogP contribution in [0.1, 0.15) is 47.2 Å². The van der Waals surface area contributed by atoms with Gasteiger partial charge in [0.2, 0.25) is 0 Å². The largest absolute Gasteiger partial charge is 0.310 e. The van der Waals surface area contributed by atoms with Gasteiger partial charge in [0.15, 0.2) is 0 Å². The van der Waals surface area contributed by atoms with Crippen molar-refractivity contribution in [2.75, 3.05) is 4.90 Å². The smallest absolute Gasteiger partial charge is 0.0713 e. The second-order valence-electron chi connectivity index (χ2n) is 18.8. The van der Waals surface area contributed by atoms with Crippen molar-refractivity contribution in [2.24, 2.45) is 0 Å². The van der Waals surface area contributed by atoms with Gasteiger partial charge in [0, 0.05) is 38.7 Å². The van der Waals surface area contributed by atoms with Crippen LogP contribution in [0.3, 0.4) is 0 Å². The molecule has 2 nitrogen and oxygen atoms in total. The summed E-state index contributed by atoms with van der Waals surface area (Å²) in [4.78, 5) is 2.54. The van der Waals surface area contributed by atoms with E-state index in [2.05, 4.69) is 254 Å². The van der Waals surface area contributed by atoms with Gasteiger partial charge in [-0.3, -0.25) is 0 Å². The summed E-state index contributed by atoms with van der Waals surface area (Å²) >= 11 is 0. The minimum atomic E-state index is -0.489. The molecule has 14 rings (SSSR count). The molecule has 0 spiro atoms. The molecule has 66 heavy (non-hydrogen) atoms. The van der Waals surface area contributed by atoms with Crippen LogP contribution >= 0.6 is 0 Å². The normalized spacial score (nSPS) is 14.2. The molecule has 2 heteroatoms. The summed E-state index contributed by atoms with van der Waals surface area (Å²) in [6.07, 6.45) is 0. The molecule has 2 aliphatic carbocycles. The van der Waals surface area contributed by atoms with Gasteiger partial charge in [0.25, 0.3) is 0 Å². The van der Waals surface area contributed by atoms with Crippen molar-refractivity contribution in [2.45, 2.75) is 24.7 Å². The molecule has 2 heterocycles. The Balaban J connectivity index is 1.09. The fourth-order valence-electron chi connectivity index (χ4n) is 12.4. The van der Waals surface area contributed by atoms with E-state index in [0.29, 0.717) is 0 Å². The van der Waals surface area contributed by atoms with Gasteiger partial charge in [-0.2, -0.15) is 0 Å². The van der Waals surface area contributed by atoms with Crippen LogP contribution in [0.5, 0.6) is 0 Å². The average Bonchev–Trinajstić information content (AvgIpc) is 3.92. The molecule has 0 saturated heterocycles. The molecule has 11 aromatic rings. The third-order valence-corrected chi connectivity index (χ3v) is 15.2. The van der Waals surface area contributed by atoms with E-state index in [4.69, 9.17) is 0 Å². The molecule has 0 amide bonds. The van der Waals surface area contributed by atoms with Gasteiger partial charge in [0.1, 0.15) is 0 Å². The van der Waals surface area contributed by atoms with Crippen LogP contribution in [0.2, 0.25) is 0 Å². The fourth-order valence-corrected chi connectivity index (χ4v) is 12.4. The number of anilines is 3. The molecule has 310 valence electrons. The predicted octanol–water partition coefficient (Wildman–Crippen LogP) is 16.6. The molecule has 0 atom stereocenters. The lowest BCUT2D eigenvalue weighted by atomic mass is 9.68. The molecular formula is C64H44N2. The van der Waals surface area contributed by atoms with Gasteiger partial charge in [-0.1, -0.05) is 202 Å². The molecule has 0 radical (unpaired) electrons. The Labute approximate surface area is 385 Å². The molecule has 0 unspecified atom stereocenters. The maximum absolute atomic E-state index is 2.58. The maximum Gasteiger partial charge on any atom is 0.0713 e. The minimum absolute atomic E-state index is 0.163. The zero-order valence-corrected chi connectivity index (χ0v) is 36.8. The Morgan fingerprint density at radius 2 is 0.970 bits per heavy atom. The number of fused-ring (bicyclic) bond motifs is 9. The molecular weight excluding hydrogens is 797 g/mol. The number of para-hydroxylation sites is 1.